The van der Waals surface area contributed by atoms with E-state index in [1.807, 2.05) is 0 Å². The summed E-state index contributed by atoms with van der Waals surface area (Å²) in [5.41, 5.74) is 10.1. The summed E-state index contributed by atoms with van der Waals surface area (Å²) in [5.74, 6) is 0.373. The lowest BCUT2D eigenvalue weighted by Gasteiger charge is -2.64. The van der Waals surface area contributed by atoms with Gasteiger partial charge in [0.05, 0.1) is 11.7 Å². The van der Waals surface area contributed by atoms with Crippen molar-refractivity contribution in [3.8, 4) is 5.75 Å². The minimum atomic E-state index is -4.74. The number of unbranched alkanes of at least 4 members (excludes halogenated alkanes) is 1. The van der Waals surface area contributed by atoms with Crippen LogP contribution < -0.4 is 33.9 Å². The van der Waals surface area contributed by atoms with Crippen molar-refractivity contribution in [3.05, 3.63) is 29.8 Å². The first-order valence-electron chi connectivity index (χ1n) is 13.3. The molecular weight excluding hydrogens is 522 g/mol. The molecule has 6 N–H and O–H groups in total. The first-order chi connectivity index (χ1) is 17.3. The number of hydrogen-bond donors (Lipinski definition) is 3. The van der Waals surface area contributed by atoms with Crippen LogP contribution in [0.4, 0.5) is 13.2 Å². The standard InChI is InChI=1S/C26H39BF3N3O4.ClH/c1-24(2)17-13-21(24)25(3)22(14-17)36-27(37-25)18(15-33-23(34)20(32)6-4-5-11-31)12-16-7-9-19(10-8-16)35-26(28,29)30;/h7-10,17-18,20-22H,4-6,11-15,31-32H2,1-3H3,(H,33,34);1H/t17-,18?,20+,21-,22+,25-;/m1./s1. The van der Waals surface area contributed by atoms with Crippen molar-refractivity contribution in [2.75, 3.05) is 13.1 Å². The molecule has 1 amide bonds. The number of alkyl halides is 3. The largest absolute Gasteiger partial charge is 1.00 e. The Labute approximate surface area is 229 Å². The summed E-state index contributed by atoms with van der Waals surface area (Å²) in [4.78, 5) is 12.7. The number of nitrogens with one attached hydrogen (secondary N) is 1. The van der Waals surface area contributed by atoms with Gasteiger partial charge >= 0.3 is 13.5 Å². The molecule has 12 heteroatoms. The second-order valence-corrected chi connectivity index (χ2v) is 11.7. The first-order valence-corrected chi connectivity index (χ1v) is 13.3. The summed E-state index contributed by atoms with van der Waals surface area (Å²) in [6, 6.07) is 5.44. The van der Waals surface area contributed by atoms with Gasteiger partial charge in [-0.1, -0.05) is 26.0 Å². The monoisotopic (exact) mass is 561 g/mol. The van der Waals surface area contributed by atoms with E-state index in [0.717, 1.165) is 31.2 Å². The van der Waals surface area contributed by atoms with Crippen LogP contribution in [0.5, 0.6) is 5.75 Å². The Morgan fingerprint density at radius 1 is 1.24 bits per heavy atom. The Hall–Kier alpha value is -1.53. The lowest BCUT2D eigenvalue weighted by Crippen LogP contribution is -3.00. The van der Waals surface area contributed by atoms with Gasteiger partial charge < -0.3 is 43.2 Å². The fraction of sp³-hybridized carbons (Fsp3) is 0.731. The highest BCUT2D eigenvalue weighted by atomic mass is 35.5. The van der Waals surface area contributed by atoms with E-state index >= 15 is 0 Å². The summed E-state index contributed by atoms with van der Waals surface area (Å²) in [6.07, 6.45) is 0.127. The third-order valence-corrected chi connectivity index (χ3v) is 8.92. The molecule has 3 aliphatic carbocycles. The third-order valence-electron chi connectivity index (χ3n) is 8.92. The molecule has 0 spiro atoms. The summed E-state index contributed by atoms with van der Waals surface area (Å²) < 4.78 is 54.8. The maximum absolute atomic E-state index is 12.7. The van der Waals surface area contributed by atoms with E-state index in [9.17, 15) is 18.0 Å². The molecule has 38 heavy (non-hydrogen) atoms. The highest BCUT2D eigenvalue weighted by Crippen LogP contribution is 2.66. The quantitative estimate of drug-likeness (QED) is 0.262. The van der Waals surface area contributed by atoms with Gasteiger partial charge in [-0.3, -0.25) is 4.79 Å². The number of quaternary nitrogens is 1. The van der Waals surface area contributed by atoms with E-state index in [1.165, 1.54) is 12.1 Å². The van der Waals surface area contributed by atoms with Gasteiger partial charge in [-0.25, -0.2) is 0 Å². The highest BCUT2D eigenvalue weighted by molar-refractivity contribution is 6.47. The summed E-state index contributed by atoms with van der Waals surface area (Å²) in [6.45, 7) is 7.63. The van der Waals surface area contributed by atoms with E-state index in [2.05, 4.69) is 36.6 Å². The van der Waals surface area contributed by atoms with Gasteiger partial charge in [0, 0.05) is 18.8 Å². The van der Waals surface area contributed by atoms with Crippen molar-refractivity contribution in [2.45, 2.75) is 89.2 Å². The minimum Gasteiger partial charge on any atom is -1.00 e. The number of halogens is 4. The molecule has 1 aliphatic heterocycles. The van der Waals surface area contributed by atoms with E-state index in [0.29, 0.717) is 37.8 Å². The molecule has 214 valence electrons. The van der Waals surface area contributed by atoms with Crippen LogP contribution in [-0.2, 0) is 20.5 Å². The zero-order valence-corrected chi connectivity index (χ0v) is 23.1. The third kappa shape index (κ3) is 6.61. The van der Waals surface area contributed by atoms with Gasteiger partial charge in [-0.2, -0.15) is 0 Å². The summed E-state index contributed by atoms with van der Waals surface area (Å²) >= 11 is 0. The molecule has 2 bridgehead atoms. The van der Waals surface area contributed by atoms with Gasteiger partial charge in [0.25, 0.3) is 5.91 Å². The molecule has 4 fully saturated rings. The van der Waals surface area contributed by atoms with Crippen LogP contribution in [0.15, 0.2) is 24.3 Å². The van der Waals surface area contributed by atoms with Crippen LogP contribution in [-0.4, -0.2) is 50.2 Å². The van der Waals surface area contributed by atoms with E-state index < -0.39 is 19.1 Å². The molecule has 1 heterocycles. The van der Waals surface area contributed by atoms with E-state index in [1.54, 1.807) is 12.1 Å². The molecule has 1 aromatic rings. The average molecular weight is 562 g/mol. The number of ether oxygens (including phenoxy) is 1. The van der Waals surface area contributed by atoms with E-state index in [-0.39, 0.29) is 47.4 Å². The Morgan fingerprint density at radius 3 is 2.53 bits per heavy atom. The number of benzene rings is 1. The van der Waals surface area contributed by atoms with E-state index in [4.69, 9.17) is 15.0 Å². The number of hydrogen-bond acceptors (Lipinski definition) is 5. The van der Waals surface area contributed by atoms with Gasteiger partial charge in [-0.05, 0) is 80.5 Å². The first kappa shape index (κ1) is 31.0. The Balaban J connectivity index is 0.00000400. The maximum Gasteiger partial charge on any atom is 0.573 e. The van der Waals surface area contributed by atoms with Crippen molar-refractivity contribution in [1.82, 2.24) is 5.32 Å². The van der Waals surface area contributed by atoms with Crippen molar-refractivity contribution in [2.24, 2.45) is 23.0 Å². The fourth-order valence-electron chi connectivity index (χ4n) is 6.54. The highest BCUT2D eigenvalue weighted by Gasteiger charge is 2.68. The summed E-state index contributed by atoms with van der Waals surface area (Å²) in [5, 5.41) is 3.01. The molecule has 7 nitrogen and oxygen atoms in total. The maximum atomic E-state index is 12.7. The van der Waals surface area contributed by atoms with Gasteiger partial charge in [0.15, 0.2) is 6.04 Å². The topological polar surface area (TPSA) is 110 Å². The van der Waals surface area contributed by atoms with Crippen LogP contribution in [0.25, 0.3) is 0 Å². The zero-order chi connectivity index (χ0) is 27.0. The molecule has 0 radical (unpaired) electrons. The fourth-order valence-corrected chi connectivity index (χ4v) is 6.54. The molecule has 5 rings (SSSR count). The SMILES string of the molecule is CC1(C)[C@H]2C[C@@H]3OB(C(CNC(=O)[C@@H]([NH3+])CCCCN)Cc4ccc(OC(F)(F)F)cc4)O[C@]3(C)[C@@H]1C2.[Cl-]. The molecule has 3 saturated carbocycles. The van der Waals surface area contributed by atoms with Crippen molar-refractivity contribution >= 4 is 13.0 Å². The molecule has 1 aromatic carbocycles. The number of amides is 1. The molecular formula is C26H40BClF3N3O4. The number of carbonyl (C=O) groups is 1. The van der Waals surface area contributed by atoms with Crippen molar-refractivity contribution < 1.29 is 50.2 Å². The predicted molar refractivity (Wildman–Crippen MR) is 133 cm³/mol. The minimum absolute atomic E-state index is 0. The molecule has 1 unspecified atom stereocenters. The van der Waals surface area contributed by atoms with Crippen LogP contribution in [0.3, 0.4) is 0 Å². The number of nitrogens with two attached hydrogens (primary N) is 1. The second-order valence-electron chi connectivity index (χ2n) is 11.7. The van der Waals surface area contributed by atoms with Crippen molar-refractivity contribution in [1.29, 1.82) is 0 Å². The zero-order valence-electron chi connectivity index (χ0n) is 22.4. The van der Waals surface area contributed by atoms with Gasteiger partial charge in [0.1, 0.15) is 5.75 Å². The van der Waals surface area contributed by atoms with Crippen LogP contribution in [0.2, 0.25) is 5.82 Å². The Kier molecular flexibility index (Phi) is 9.73. The molecule has 6 atom stereocenters. The molecule has 4 aliphatic rings. The van der Waals surface area contributed by atoms with Crippen molar-refractivity contribution in [3.63, 3.8) is 0 Å². The van der Waals surface area contributed by atoms with Gasteiger partial charge in [-0.15, -0.1) is 13.2 Å². The van der Waals surface area contributed by atoms with Crippen LogP contribution in [0, 0.1) is 17.3 Å². The number of carbonyl (C=O) groups excluding carboxylic acids is 1. The lowest BCUT2D eigenvalue weighted by molar-refractivity contribution is -0.405. The smallest absolute Gasteiger partial charge is 0.573 e. The van der Waals surface area contributed by atoms with Crippen LogP contribution in [0.1, 0.15) is 58.4 Å². The normalized spacial score (nSPS) is 28.9. The van der Waals surface area contributed by atoms with Gasteiger partial charge in [0.2, 0.25) is 0 Å². The lowest BCUT2D eigenvalue weighted by atomic mass is 9.43. The summed E-state index contributed by atoms with van der Waals surface area (Å²) in [7, 11) is -0.531. The average Bonchev–Trinajstić information content (AvgIpc) is 3.18. The Bertz CT molecular complexity index is 955. The Morgan fingerprint density at radius 2 is 1.92 bits per heavy atom. The molecule has 0 aromatic heterocycles. The van der Waals surface area contributed by atoms with Crippen LogP contribution >= 0.6 is 0 Å². The molecule has 1 saturated heterocycles. The predicted octanol–water partition coefficient (Wildman–Crippen LogP) is 0.0859. The second kappa shape index (κ2) is 11.9. The number of rotatable bonds is 11.